The van der Waals surface area contributed by atoms with E-state index in [-0.39, 0.29) is 11.8 Å². The first-order chi connectivity index (χ1) is 5.74. The highest BCUT2D eigenvalue weighted by Crippen LogP contribution is 2.10. The van der Waals surface area contributed by atoms with Gasteiger partial charge in [-0.2, -0.15) is 0 Å². The van der Waals surface area contributed by atoms with Crippen molar-refractivity contribution in [1.29, 1.82) is 0 Å². The summed E-state index contributed by atoms with van der Waals surface area (Å²) in [6.45, 7) is 2.11. The van der Waals surface area contributed by atoms with E-state index in [0.29, 0.717) is 11.5 Å². The molecule has 1 atom stereocenters. The number of rotatable bonds is 3. The molecule has 0 aromatic carbocycles. The summed E-state index contributed by atoms with van der Waals surface area (Å²) in [6, 6.07) is 0. The van der Waals surface area contributed by atoms with E-state index in [9.17, 15) is 4.79 Å². The smallest absolute Gasteiger partial charge is 0.229 e. The van der Waals surface area contributed by atoms with Crippen LogP contribution in [0.3, 0.4) is 0 Å². The molecule has 5 nitrogen and oxygen atoms in total. The zero-order valence-corrected chi connectivity index (χ0v) is 7.47. The van der Waals surface area contributed by atoms with Gasteiger partial charge in [-0.3, -0.25) is 4.79 Å². The summed E-state index contributed by atoms with van der Waals surface area (Å²) in [4.78, 5) is 11.2. The molecule has 6 heteroatoms. The summed E-state index contributed by atoms with van der Waals surface area (Å²) in [5.74, 6) is -0.268. The van der Waals surface area contributed by atoms with Crippen LogP contribution >= 0.6 is 11.5 Å². The van der Waals surface area contributed by atoms with Gasteiger partial charge < -0.3 is 11.1 Å². The number of carbonyl (C=O) groups is 1. The van der Waals surface area contributed by atoms with Crippen LogP contribution in [0.1, 0.15) is 6.92 Å². The van der Waals surface area contributed by atoms with Crippen molar-refractivity contribution < 1.29 is 4.79 Å². The molecule has 0 saturated heterocycles. The second-order valence-corrected chi connectivity index (χ2v) is 3.19. The lowest BCUT2D eigenvalue weighted by atomic mass is 10.2. The summed E-state index contributed by atoms with van der Waals surface area (Å²) >= 11 is 1.15. The predicted octanol–water partition coefficient (Wildman–Crippen LogP) is 0.0714. The SMILES string of the molecule is CC(CN)C(=O)Nc1cnns1. The average Bonchev–Trinajstić information content (AvgIpc) is 2.55. The van der Waals surface area contributed by atoms with E-state index >= 15 is 0 Å². The molecule has 1 heterocycles. The third-order valence-electron chi connectivity index (χ3n) is 1.41. The molecule has 12 heavy (non-hydrogen) atoms. The van der Waals surface area contributed by atoms with E-state index in [1.165, 1.54) is 6.20 Å². The summed E-state index contributed by atoms with van der Waals surface area (Å²) in [7, 11) is 0. The van der Waals surface area contributed by atoms with E-state index in [2.05, 4.69) is 14.9 Å². The Morgan fingerprint density at radius 2 is 2.67 bits per heavy atom. The Morgan fingerprint density at radius 1 is 1.92 bits per heavy atom. The Morgan fingerprint density at radius 3 is 3.17 bits per heavy atom. The quantitative estimate of drug-likeness (QED) is 0.700. The third kappa shape index (κ3) is 2.24. The van der Waals surface area contributed by atoms with Crippen LogP contribution in [0.4, 0.5) is 5.00 Å². The minimum absolute atomic E-state index is 0.0939. The normalized spacial score (nSPS) is 12.5. The number of amides is 1. The lowest BCUT2D eigenvalue weighted by Crippen LogP contribution is -2.26. The van der Waals surface area contributed by atoms with E-state index in [0.717, 1.165) is 11.5 Å². The van der Waals surface area contributed by atoms with Crippen molar-refractivity contribution in [3.05, 3.63) is 6.20 Å². The number of anilines is 1. The van der Waals surface area contributed by atoms with E-state index < -0.39 is 0 Å². The van der Waals surface area contributed by atoms with Gasteiger partial charge in [0, 0.05) is 24.0 Å². The molecule has 0 bridgehead atoms. The number of nitrogens with zero attached hydrogens (tertiary/aromatic N) is 2. The summed E-state index contributed by atoms with van der Waals surface area (Å²) < 4.78 is 3.61. The number of carbonyl (C=O) groups excluding carboxylic acids is 1. The predicted molar refractivity (Wildman–Crippen MR) is 46.8 cm³/mol. The Hall–Kier alpha value is -1.01. The first-order valence-corrected chi connectivity index (χ1v) is 4.29. The highest BCUT2D eigenvalue weighted by molar-refractivity contribution is 7.10. The topological polar surface area (TPSA) is 80.9 Å². The highest BCUT2D eigenvalue weighted by atomic mass is 32.1. The molecule has 0 aliphatic rings. The summed E-state index contributed by atoms with van der Waals surface area (Å²) in [6.07, 6.45) is 1.51. The van der Waals surface area contributed by atoms with Crippen LogP contribution in [0.2, 0.25) is 0 Å². The van der Waals surface area contributed by atoms with Crippen molar-refractivity contribution in [2.24, 2.45) is 11.7 Å². The highest BCUT2D eigenvalue weighted by Gasteiger charge is 2.11. The molecule has 0 saturated carbocycles. The number of hydrogen-bond donors (Lipinski definition) is 2. The van der Waals surface area contributed by atoms with Crippen molar-refractivity contribution in [3.63, 3.8) is 0 Å². The fourth-order valence-corrected chi connectivity index (χ4v) is 0.997. The fourth-order valence-electron chi connectivity index (χ4n) is 0.574. The second kappa shape index (κ2) is 4.13. The molecule has 1 unspecified atom stereocenters. The first-order valence-electron chi connectivity index (χ1n) is 3.52. The first kappa shape index (κ1) is 9.08. The van der Waals surface area contributed by atoms with Gasteiger partial charge in [0.2, 0.25) is 5.91 Å². The molecular formula is C6H10N4OS. The molecule has 0 spiro atoms. The fraction of sp³-hybridized carbons (Fsp3) is 0.500. The minimum atomic E-state index is -0.174. The maximum atomic E-state index is 11.2. The van der Waals surface area contributed by atoms with Crippen LogP contribution in [-0.2, 0) is 4.79 Å². The molecule has 3 N–H and O–H groups in total. The molecule has 1 amide bonds. The summed E-state index contributed by atoms with van der Waals surface area (Å²) in [5.41, 5.74) is 5.31. The Balaban J connectivity index is 2.47. The zero-order chi connectivity index (χ0) is 8.97. The van der Waals surface area contributed by atoms with E-state index in [1.807, 2.05) is 0 Å². The Bertz CT molecular complexity index is 248. The van der Waals surface area contributed by atoms with Gasteiger partial charge >= 0.3 is 0 Å². The van der Waals surface area contributed by atoms with Gasteiger partial charge in [-0.05, 0) is 0 Å². The number of hydrogen-bond acceptors (Lipinski definition) is 5. The van der Waals surface area contributed by atoms with Crippen LogP contribution in [0.15, 0.2) is 6.20 Å². The average molecular weight is 186 g/mol. The van der Waals surface area contributed by atoms with Gasteiger partial charge in [-0.1, -0.05) is 11.4 Å². The molecule has 1 aromatic heterocycles. The van der Waals surface area contributed by atoms with E-state index in [1.54, 1.807) is 6.92 Å². The van der Waals surface area contributed by atoms with Gasteiger partial charge in [0.15, 0.2) is 0 Å². The van der Waals surface area contributed by atoms with Crippen LogP contribution in [0.5, 0.6) is 0 Å². The Labute approximate surface area is 74.1 Å². The van der Waals surface area contributed by atoms with Gasteiger partial charge in [0.25, 0.3) is 0 Å². The Kier molecular flexibility index (Phi) is 3.12. The van der Waals surface area contributed by atoms with Crippen molar-refractivity contribution >= 4 is 22.4 Å². The standard InChI is InChI=1S/C6H10N4OS/c1-4(2-7)6(11)9-5-3-8-10-12-5/h3-4H,2,7H2,1H3,(H,9,11). The monoisotopic (exact) mass is 186 g/mol. The maximum Gasteiger partial charge on any atom is 0.229 e. The van der Waals surface area contributed by atoms with Crippen molar-refractivity contribution in [1.82, 2.24) is 9.59 Å². The van der Waals surface area contributed by atoms with Gasteiger partial charge in [0.1, 0.15) is 5.00 Å². The van der Waals surface area contributed by atoms with Crippen LogP contribution in [0, 0.1) is 5.92 Å². The molecular weight excluding hydrogens is 176 g/mol. The van der Waals surface area contributed by atoms with Crippen LogP contribution < -0.4 is 11.1 Å². The third-order valence-corrected chi connectivity index (χ3v) is 1.99. The molecule has 66 valence electrons. The maximum absolute atomic E-state index is 11.2. The number of nitrogens with two attached hydrogens (primary N) is 1. The van der Waals surface area contributed by atoms with Crippen molar-refractivity contribution in [2.75, 3.05) is 11.9 Å². The lowest BCUT2D eigenvalue weighted by Gasteiger charge is -2.06. The van der Waals surface area contributed by atoms with Crippen molar-refractivity contribution in [3.8, 4) is 0 Å². The summed E-state index contributed by atoms with van der Waals surface area (Å²) in [5, 5.41) is 6.88. The molecule has 1 aromatic rings. The molecule has 0 aliphatic heterocycles. The van der Waals surface area contributed by atoms with Gasteiger partial charge in [-0.25, -0.2) is 0 Å². The van der Waals surface area contributed by atoms with Gasteiger partial charge in [0.05, 0.1) is 6.20 Å². The van der Waals surface area contributed by atoms with E-state index in [4.69, 9.17) is 5.73 Å². The molecule has 0 radical (unpaired) electrons. The van der Waals surface area contributed by atoms with Crippen molar-refractivity contribution in [2.45, 2.75) is 6.92 Å². The molecule has 0 fully saturated rings. The lowest BCUT2D eigenvalue weighted by molar-refractivity contribution is -0.119. The zero-order valence-electron chi connectivity index (χ0n) is 6.65. The van der Waals surface area contributed by atoms with Crippen LogP contribution in [-0.4, -0.2) is 22.0 Å². The molecule has 0 aliphatic carbocycles. The second-order valence-electron chi connectivity index (χ2n) is 2.41. The number of aromatic nitrogens is 2. The largest absolute Gasteiger partial charge is 0.330 e. The number of nitrogens with one attached hydrogen (secondary N) is 1. The van der Waals surface area contributed by atoms with Gasteiger partial charge in [-0.15, -0.1) is 5.10 Å². The molecule has 1 rings (SSSR count). The minimum Gasteiger partial charge on any atom is -0.330 e. The van der Waals surface area contributed by atoms with Crippen LogP contribution in [0.25, 0.3) is 0 Å².